The number of hydrogen-bond donors (Lipinski definition) is 2. The minimum atomic E-state index is 0.286. The van der Waals surface area contributed by atoms with Crippen LogP contribution in [0.3, 0.4) is 0 Å². The van der Waals surface area contributed by atoms with E-state index in [1.54, 1.807) is 0 Å². The Hall–Kier alpha value is -3.00. The van der Waals surface area contributed by atoms with Gasteiger partial charge in [0.05, 0.1) is 6.54 Å². The quantitative estimate of drug-likeness (QED) is 0.521. The molecule has 2 aliphatic heterocycles. The zero-order chi connectivity index (χ0) is 21.5. The van der Waals surface area contributed by atoms with Gasteiger partial charge in [-0.15, -0.1) is 0 Å². The molecule has 1 fully saturated rings. The first-order valence-electron chi connectivity index (χ1n) is 11.1. The van der Waals surface area contributed by atoms with Crippen molar-refractivity contribution >= 4 is 11.8 Å². The number of piperazine rings is 1. The summed E-state index contributed by atoms with van der Waals surface area (Å²) in [7, 11) is 0. The van der Waals surface area contributed by atoms with Crippen molar-refractivity contribution < 1.29 is 9.47 Å². The summed E-state index contributed by atoms with van der Waals surface area (Å²) in [4.78, 5) is 14.2. The summed E-state index contributed by atoms with van der Waals surface area (Å²) < 4.78 is 10.8. The molecule has 2 aliphatic rings. The molecule has 3 heterocycles. The van der Waals surface area contributed by atoms with E-state index >= 15 is 0 Å². The average Bonchev–Trinajstić information content (AvgIpc) is 3.29. The number of fused-ring (bicyclic) bond motifs is 1. The van der Waals surface area contributed by atoms with Gasteiger partial charge in [0, 0.05) is 45.5 Å². The number of guanidine groups is 1. The van der Waals surface area contributed by atoms with Crippen molar-refractivity contribution in [2.24, 2.45) is 4.99 Å². The Morgan fingerprint density at radius 1 is 1.00 bits per heavy atom. The summed E-state index contributed by atoms with van der Waals surface area (Å²) in [6.45, 7) is 12.0. The third-order valence-electron chi connectivity index (χ3n) is 5.61. The Morgan fingerprint density at radius 2 is 1.84 bits per heavy atom. The van der Waals surface area contributed by atoms with Crippen LogP contribution >= 0.6 is 0 Å². The maximum absolute atomic E-state index is 5.46. The molecule has 0 aliphatic carbocycles. The van der Waals surface area contributed by atoms with Gasteiger partial charge in [-0.05, 0) is 48.9 Å². The highest BCUT2D eigenvalue weighted by molar-refractivity contribution is 5.79. The third kappa shape index (κ3) is 5.58. The molecule has 8 nitrogen and oxygen atoms in total. The van der Waals surface area contributed by atoms with Crippen LogP contribution in [-0.2, 0) is 13.1 Å². The molecule has 0 atom stereocenters. The van der Waals surface area contributed by atoms with Crippen LogP contribution in [0.2, 0.25) is 0 Å². The first-order chi connectivity index (χ1) is 15.2. The van der Waals surface area contributed by atoms with E-state index in [0.717, 1.165) is 68.1 Å². The van der Waals surface area contributed by atoms with Gasteiger partial charge < -0.3 is 29.9 Å². The predicted molar refractivity (Wildman–Crippen MR) is 123 cm³/mol. The van der Waals surface area contributed by atoms with Crippen molar-refractivity contribution in [2.45, 2.75) is 26.9 Å². The topological polar surface area (TPSA) is 74.2 Å². The predicted octanol–water partition coefficient (Wildman–Crippen LogP) is 2.21. The molecule has 1 aromatic carbocycles. The minimum absolute atomic E-state index is 0.286. The molecule has 8 heteroatoms. The molecule has 0 amide bonds. The molecule has 0 bridgehead atoms. The van der Waals surface area contributed by atoms with E-state index in [1.165, 1.54) is 5.56 Å². The van der Waals surface area contributed by atoms with E-state index < -0.39 is 0 Å². The van der Waals surface area contributed by atoms with E-state index in [4.69, 9.17) is 14.5 Å². The molecule has 0 saturated carbocycles. The van der Waals surface area contributed by atoms with Crippen molar-refractivity contribution in [3.05, 3.63) is 47.7 Å². The molecule has 1 aromatic heterocycles. The van der Waals surface area contributed by atoms with Crippen LogP contribution in [0.15, 0.2) is 41.5 Å². The Labute approximate surface area is 184 Å². The number of aromatic nitrogens is 1. The monoisotopic (exact) mass is 424 g/mol. The summed E-state index contributed by atoms with van der Waals surface area (Å²) in [5.74, 6) is 3.42. The molecule has 31 heavy (non-hydrogen) atoms. The molecule has 166 valence electrons. The van der Waals surface area contributed by atoms with Crippen LogP contribution in [0.5, 0.6) is 11.5 Å². The number of hydrogen-bond acceptors (Lipinski definition) is 6. The van der Waals surface area contributed by atoms with Gasteiger partial charge in [0.15, 0.2) is 17.5 Å². The fraction of sp³-hybridized carbons (Fsp3) is 0.478. The first-order valence-corrected chi connectivity index (χ1v) is 11.1. The van der Waals surface area contributed by atoms with E-state index in [1.807, 2.05) is 24.4 Å². The summed E-state index contributed by atoms with van der Waals surface area (Å²) in [6, 6.07) is 10.2. The molecular weight excluding hydrogens is 392 g/mol. The van der Waals surface area contributed by atoms with Crippen molar-refractivity contribution in [1.82, 2.24) is 20.5 Å². The largest absolute Gasteiger partial charge is 0.454 e. The Morgan fingerprint density at radius 3 is 2.65 bits per heavy atom. The number of aliphatic imine (C=N–C) groups is 1. The number of rotatable bonds is 7. The number of pyridine rings is 1. The lowest BCUT2D eigenvalue weighted by molar-refractivity contribution is 0.174. The second-order valence-electron chi connectivity index (χ2n) is 7.68. The SMILES string of the molecule is CCNC(=NCc1ccc2c(c1)OCO2)NCc1ccnc(N2CCN(CC)CC2)c1. The number of likely N-dealkylation sites (N-methyl/N-ethyl adjacent to an activating group) is 1. The number of benzene rings is 1. The average molecular weight is 425 g/mol. The summed E-state index contributed by atoms with van der Waals surface area (Å²) in [5, 5.41) is 6.75. The van der Waals surface area contributed by atoms with Crippen molar-refractivity contribution in [3.8, 4) is 11.5 Å². The van der Waals surface area contributed by atoms with E-state index in [0.29, 0.717) is 13.1 Å². The lowest BCUT2D eigenvalue weighted by Crippen LogP contribution is -2.46. The maximum atomic E-state index is 5.46. The number of nitrogens with zero attached hydrogens (tertiary/aromatic N) is 4. The van der Waals surface area contributed by atoms with Gasteiger partial charge in [-0.2, -0.15) is 0 Å². The van der Waals surface area contributed by atoms with Gasteiger partial charge in [0.25, 0.3) is 0 Å². The number of ether oxygens (including phenoxy) is 2. The van der Waals surface area contributed by atoms with Crippen LogP contribution in [0.1, 0.15) is 25.0 Å². The second kappa shape index (κ2) is 10.3. The standard InChI is InChI=1S/C23H32N6O2/c1-3-24-23(26-15-18-5-6-20-21(13-18)31-17-30-20)27-16-19-7-8-25-22(14-19)29-11-9-28(4-2)10-12-29/h5-8,13-14H,3-4,9-12,15-17H2,1-2H3,(H2,24,26,27). The Bertz CT molecular complexity index is 895. The van der Waals surface area contributed by atoms with Crippen LogP contribution in [-0.4, -0.2) is 61.9 Å². The molecule has 1 saturated heterocycles. The fourth-order valence-corrected chi connectivity index (χ4v) is 3.77. The molecule has 2 aromatic rings. The fourth-order valence-electron chi connectivity index (χ4n) is 3.77. The number of anilines is 1. The van der Waals surface area contributed by atoms with Gasteiger partial charge in [-0.3, -0.25) is 0 Å². The summed E-state index contributed by atoms with van der Waals surface area (Å²) >= 11 is 0. The lowest BCUT2D eigenvalue weighted by Gasteiger charge is -2.34. The lowest BCUT2D eigenvalue weighted by atomic mass is 10.2. The first kappa shape index (κ1) is 21.2. The van der Waals surface area contributed by atoms with Gasteiger partial charge in [0.2, 0.25) is 6.79 Å². The minimum Gasteiger partial charge on any atom is -0.454 e. The van der Waals surface area contributed by atoms with Crippen LogP contribution < -0.4 is 25.0 Å². The van der Waals surface area contributed by atoms with Crippen LogP contribution in [0.25, 0.3) is 0 Å². The highest BCUT2D eigenvalue weighted by Crippen LogP contribution is 2.32. The number of nitrogens with one attached hydrogen (secondary N) is 2. The van der Waals surface area contributed by atoms with E-state index in [9.17, 15) is 0 Å². The van der Waals surface area contributed by atoms with E-state index in [2.05, 4.69) is 51.4 Å². The molecule has 0 unspecified atom stereocenters. The van der Waals surface area contributed by atoms with Crippen molar-refractivity contribution in [1.29, 1.82) is 0 Å². The summed E-state index contributed by atoms with van der Waals surface area (Å²) in [6.07, 6.45) is 1.90. The molecule has 4 rings (SSSR count). The third-order valence-corrected chi connectivity index (χ3v) is 5.61. The van der Waals surface area contributed by atoms with Gasteiger partial charge in [0.1, 0.15) is 5.82 Å². The Kier molecular flexibility index (Phi) is 7.09. The molecule has 0 radical (unpaired) electrons. The second-order valence-corrected chi connectivity index (χ2v) is 7.68. The maximum Gasteiger partial charge on any atom is 0.231 e. The smallest absolute Gasteiger partial charge is 0.231 e. The van der Waals surface area contributed by atoms with Gasteiger partial charge in [-0.25, -0.2) is 9.98 Å². The van der Waals surface area contributed by atoms with Crippen molar-refractivity contribution in [3.63, 3.8) is 0 Å². The zero-order valence-corrected chi connectivity index (χ0v) is 18.4. The van der Waals surface area contributed by atoms with Crippen LogP contribution in [0.4, 0.5) is 5.82 Å². The van der Waals surface area contributed by atoms with Gasteiger partial charge in [-0.1, -0.05) is 13.0 Å². The zero-order valence-electron chi connectivity index (χ0n) is 18.4. The van der Waals surface area contributed by atoms with Crippen molar-refractivity contribution in [2.75, 3.05) is 51.0 Å². The highest BCUT2D eigenvalue weighted by atomic mass is 16.7. The summed E-state index contributed by atoms with van der Waals surface area (Å²) in [5.41, 5.74) is 2.27. The molecule has 2 N–H and O–H groups in total. The van der Waals surface area contributed by atoms with Crippen LogP contribution in [0, 0.1) is 0 Å². The highest BCUT2D eigenvalue weighted by Gasteiger charge is 2.17. The van der Waals surface area contributed by atoms with E-state index in [-0.39, 0.29) is 6.79 Å². The molecular formula is C23H32N6O2. The normalized spacial score (nSPS) is 16.5. The Balaban J connectivity index is 1.35. The molecule has 0 spiro atoms. The van der Waals surface area contributed by atoms with Gasteiger partial charge >= 0.3 is 0 Å².